The van der Waals surface area contributed by atoms with E-state index in [9.17, 15) is 4.39 Å². The average Bonchev–Trinajstić information content (AvgIpc) is 3.03. The molecule has 0 spiro atoms. The quantitative estimate of drug-likeness (QED) is 0.503. The number of aromatic nitrogens is 1. The van der Waals surface area contributed by atoms with Gasteiger partial charge in [-0.3, -0.25) is 4.99 Å². The molecule has 0 amide bonds. The van der Waals surface area contributed by atoms with E-state index >= 15 is 0 Å². The van der Waals surface area contributed by atoms with Crippen LogP contribution in [-0.4, -0.2) is 16.4 Å². The second-order valence-corrected chi connectivity index (χ2v) is 7.60. The Hall–Kier alpha value is -2.53. The lowest BCUT2D eigenvalue weighted by Gasteiger charge is -2.07. The molecule has 3 nitrogen and oxygen atoms in total. The van der Waals surface area contributed by atoms with Crippen LogP contribution in [0.5, 0.6) is 0 Å². The molecule has 0 N–H and O–H groups in total. The van der Waals surface area contributed by atoms with E-state index in [0.717, 1.165) is 34.6 Å². The first kappa shape index (κ1) is 19.2. The molecule has 0 saturated carbocycles. The minimum Gasteiger partial charge on any atom is -0.255 e. The van der Waals surface area contributed by atoms with Gasteiger partial charge in [0.05, 0.1) is 5.69 Å². The molecule has 1 heterocycles. The largest absolute Gasteiger partial charge is 0.255 e. The van der Waals surface area contributed by atoms with Crippen LogP contribution in [0.3, 0.4) is 0 Å². The van der Waals surface area contributed by atoms with Crippen LogP contribution in [0.25, 0.3) is 11.3 Å². The summed E-state index contributed by atoms with van der Waals surface area (Å²) < 4.78 is 15.2. The van der Waals surface area contributed by atoms with Gasteiger partial charge in [-0.2, -0.15) is 5.10 Å². The molecule has 0 unspecified atom stereocenters. The highest BCUT2D eigenvalue weighted by Gasteiger charge is 2.09. The number of aryl methyl sites for hydroxylation is 1. The molecule has 0 bridgehead atoms. The molecule has 0 aliphatic rings. The summed E-state index contributed by atoms with van der Waals surface area (Å²) >= 11 is 1.56. The highest BCUT2D eigenvalue weighted by molar-refractivity contribution is 7.07. The number of rotatable bonds is 6. The molecule has 3 rings (SSSR count). The molecule has 0 aliphatic carbocycles. The Kier molecular flexibility index (Phi) is 6.35. The first-order valence-corrected chi connectivity index (χ1v) is 9.99. The van der Waals surface area contributed by atoms with Crippen molar-refractivity contribution in [1.82, 2.24) is 4.68 Å². The van der Waals surface area contributed by atoms with Crippen LogP contribution in [0.2, 0.25) is 0 Å². The van der Waals surface area contributed by atoms with Crippen LogP contribution in [-0.2, 0) is 6.42 Å². The van der Waals surface area contributed by atoms with Gasteiger partial charge in [0.15, 0.2) is 0 Å². The van der Waals surface area contributed by atoms with Crippen molar-refractivity contribution in [2.75, 3.05) is 0 Å². The van der Waals surface area contributed by atoms with Crippen molar-refractivity contribution in [2.24, 2.45) is 10.1 Å². The van der Waals surface area contributed by atoms with E-state index < -0.39 is 0 Å². The fraction of sp³-hybridized carbons (Fsp3) is 0.273. The Balaban J connectivity index is 1.94. The molecular formula is C22H24FN3S. The van der Waals surface area contributed by atoms with Gasteiger partial charge in [-0.15, -0.1) is 11.3 Å². The van der Waals surface area contributed by atoms with Crippen LogP contribution in [0, 0.1) is 5.82 Å². The number of hydrogen-bond acceptors (Lipinski definition) is 3. The van der Waals surface area contributed by atoms with Crippen LogP contribution in [0.15, 0.2) is 70.1 Å². The lowest BCUT2D eigenvalue weighted by atomic mass is 10.1. The molecule has 27 heavy (non-hydrogen) atoms. The number of hydrogen-bond donors (Lipinski definition) is 0. The van der Waals surface area contributed by atoms with Crippen molar-refractivity contribution in [3.05, 3.63) is 76.2 Å². The zero-order chi connectivity index (χ0) is 19.2. The number of benzene rings is 2. The second-order valence-electron chi connectivity index (χ2n) is 6.77. The monoisotopic (exact) mass is 381 g/mol. The number of thiazole rings is 1. The highest BCUT2D eigenvalue weighted by atomic mass is 32.1. The summed E-state index contributed by atoms with van der Waals surface area (Å²) in [5, 5.41) is 6.87. The maximum Gasteiger partial charge on any atom is 0.206 e. The standard InChI is InChI=1S/C22H24FN3S/c1-16(2)24-22-26(21(15-27-22)19-11-13-20(23)14-12-19)25-17(3)9-10-18-7-5-4-6-8-18/h4-8,11-16H,9-10H2,1-3H3. The highest BCUT2D eigenvalue weighted by Crippen LogP contribution is 2.21. The van der Waals surface area contributed by atoms with E-state index in [-0.39, 0.29) is 11.9 Å². The third-order valence-corrected chi connectivity index (χ3v) is 4.91. The number of nitrogens with zero attached hydrogens (tertiary/aromatic N) is 3. The summed E-state index contributed by atoms with van der Waals surface area (Å²) in [6, 6.07) is 17.1. The van der Waals surface area contributed by atoms with Crippen molar-refractivity contribution in [3.8, 4) is 11.3 Å². The van der Waals surface area contributed by atoms with Crippen molar-refractivity contribution >= 4 is 17.0 Å². The maximum absolute atomic E-state index is 13.3. The minimum atomic E-state index is -0.241. The van der Waals surface area contributed by atoms with Crippen LogP contribution < -0.4 is 4.80 Å². The molecule has 1 aromatic heterocycles. The average molecular weight is 382 g/mol. The first-order chi connectivity index (χ1) is 13.0. The fourth-order valence-electron chi connectivity index (χ4n) is 2.72. The van der Waals surface area contributed by atoms with Gasteiger partial charge in [-0.1, -0.05) is 30.3 Å². The van der Waals surface area contributed by atoms with E-state index in [4.69, 9.17) is 10.1 Å². The van der Waals surface area contributed by atoms with E-state index in [1.807, 2.05) is 36.9 Å². The molecule has 0 aliphatic heterocycles. The summed E-state index contributed by atoms with van der Waals surface area (Å²) in [6.45, 7) is 6.14. The van der Waals surface area contributed by atoms with Gasteiger partial charge in [-0.25, -0.2) is 9.07 Å². The van der Waals surface area contributed by atoms with Crippen molar-refractivity contribution < 1.29 is 4.39 Å². The van der Waals surface area contributed by atoms with Gasteiger partial charge in [0.25, 0.3) is 0 Å². The Bertz CT molecular complexity index is 967. The zero-order valence-electron chi connectivity index (χ0n) is 15.9. The van der Waals surface area contributed by atoms with Crippen LogP contribution in [0.1, 0.15) is 32.8 Å². The van der Waals surface area contributed by atoms with Crippen LogP contribution >= 0.6 is 11.3 Å². The molecule has 0 saturated heterocycles. The van der Waals surface area contributed by atoms with E-state index in [1.165, 1.54) is 17.7 Å². The van der Waals surface area contributed by atoms with Gasteiger partial charge in [0.1, 0.15) is 5.82 Å². The Morgan fingerprint density at radius 2 is 1.78 bits per heavy atom. The van der Waals surface area contributed by atoms with Gasteiger partial charge in [0, 0.05) is 22.7 Å². The smallest absolute Gasteiger partial charge is 0.206 e. The van der Waals surface area contributed by atoms with Crippen molar-refractivity contribution in [1.29, 1.82) is 0 Å². The lowest BCUT2D eigenvalue weighted by Crippen LogP contribution is -2.16. The SMILES string of the molecule is CC(CCc1ccccc1)=Nn1c(-c2ccc(F)cc2)csc1=NC(C)C. The normalized spacial score (nSPS) is 12.8. The van der Waals surface area contributed by atoms with Crippen molar-refractivity contribution in [3.63, 3.8) is 0 Å². The summed E-state index contributed by atoms with van der Waals surface area (Å²) in [6.07, 6.45) is 1.82. The fourth-order valence-corrected chi connectivity index (χ4v) is 3.68. The maximum atomic E-state index is 13.3. The van der Waals surface area contributed by atoms with Gasteiger partial charge in [-0.05, 0) is 63.4 Å². The summed E-state index contributed by atoms with van der Waals surface area (Å²) in [4.78, 5) is 5.55. The van der Waals surface area contributed by atoms with E-state index in [2.05, 4.69) is 24.3 Å². The molecule has 0 fully saturated rings. The van der Waals surface area contributed by atoms with Crippen LogP contribution in [0.4, 0.5) is 4.39 Å². The molecular weight excluding hydrogens is 357 g/mol. The van der Waals surface area contributed by atoms with Crippen molar-refractivity contribution in [2.45, 2.75) is 39.7 Å². The molecule has 5 heteroatoms. The predicted octanol–water partition coefficient (Wildman–Crippen LogP) is 5.52. The summed E-state index contributed by atoms with van der Waals surface area (Å²) in [5.41, 5.74) is 4.19. The molecule has 2 aromatic carbocycles. The number of halogens is 1. The lowest BCUT2D eigenvalue weighted by molar-refractivity contribution is 0.628. The Labute approximate surface area is 163 Å². The van der Waals surface area contributed by atoms with E-state index in [1.54, 1.807) is 23.5 Å². The minimum absolute atomic E-state index is 0.177. The van der Waals surface area contributed by atoms with Gasteiger partial charge in [0.2, 0.25) is 4.80 Å². The van der Waals surface area contributed by atoms with E-state index in [0.29, 0.717) is 0 Å². The molecule has 140 valence electrons. The Morgan fingerprint density at radius 3 is 2.44 bits per heavy atom. The third-order valence-electron chi connectivity index (χ3n) is 4.08. The topological polar surface area (TPSA) is 29.6 Å². The first-order valence-electron chi connectivity index (χ1n) is 9.11. The predicted molar refractivity (Wildman–Crippen MR) is 112 cm³/mol. The zero-order valence-corrected chi connectivity index (χ0v) is 16.7. The summed E-state index contributed by atoms with van der Waals surface area (Å²) in [7, 11) is 0. The third kappa shape index (κ3) is 5.23. The molecule has 3 aromatic rings. The second kappa shape index (κ2) is 8.91. The van der Waals surface area contributed by atoms with Gasteiger partial charge >= 0.3 is 0 Å². The molecule has 0 radical (unpaired) electrons. The van der Waals surface area contributed by atoms with Gasteiger partial charge < -0.3 is 0 Å². The Morgan fingerprint density at radius 1 is 1.07 bits per heavy atom. The molecule has 0 atom stereocenters. The summed E-state index contributed by atoms with van der Waals surface area (Å²) in [5.74, 6) is -0.241.